The van der Waals surface area contributed by atoms with E-state index in [2.05, 4.69) is 75.3 Å². The smallest absolute Gasteiger partial charge is 0.191 e. The van der Waals surface area contributed by atoms with Crippen molar-refractivity contribution in [1.29, 1.82) is 0 Å². The zero-order valence-electron chi connectivity index (χ0n) is 21.1. The van der Waals surface area contributed by atoms with E-state index in [0.717, 1.165) is 56.5 Å². The molecule has 3 unspecified atom stereocenters. The molecule has 8 heteroatoms. The van der Waals surface area contributed by atoms with E-state index in [0.29, 0.717) is 13.2 Å². The molecular formula is C25H43IN4O3. The van der Waals surface area contributed by atoms with Gasteiger partial charge in [-0.2, -0.15) is 0 Å². The second-order valence-electron chi connectivity index (χ2n) is 9.74. The second-order valence-corrected chi connectivity index (χ2v) is 9.74. The third-order valence-corrected chi connectivity index (χ3v) is 6.12. The molecule has 0 aliphatic carbocycles. The summed E-state index contributed by atoms with van der Waals surface area (Å²) in [6.07, 6.45) is 1.58. The molecule has 3 rings (SSSR count). The minimum absolute atomic E-state index is 0. The maximum atomic E-state index is 6.24. The van der Waals surface area contributed by atoms with Gasteiger partial charge in [-0.25, -0.2) is 4.99 Å². The van der Waals surface area contributed by atoms with Crippen molar-refractivity contribution in [3.05, 3.63) is 29.3 Å². The first kappa shape index (κ1) is 28.1. The highest BCUT2D eigenvalue weighted by Gasteiger charge is 2.33. The number of halogens is 1. The van der Waals surface area contributed by atoms with Crippen LogP contribution in [0.25, 0.3) is 0 Å². The molecule has 2 aliphatic heterocycles. The van der Waals surface area contributed by atoms with E-state index in [-0.39, 0.29) is 47.8 Å². The van der Waals surface area contributed by atoms with Gasteiger partial charge in [0.1, 0.15) is 11.9 Å². The topological polar surface area (TPSA) is 67.4 Å². The van der Waals surface area contributed by atoms with Gasteiger partial charge in [0, 0.05) is 43.7 Å². The highest BCUT2D eigenvalue weighted by molar-refractivity contribution is 14.0. The van der Waals surface area contributed by atoms with Crippen molar-refractivity contribution in [1.82, 2.24) is 15.5 Å². The lowest BCUT2D eigenvalue weighted by atomic mass is 10.00. The third-order valence-electron chi connectivity index (χ3n) is 6.12. The second kappa shape index (κ2) is 13.1. The normalized spacial score (nSPS) is 24.3. The molecule has 2 heterocycles. The molecule has 3 atom stereocenters. The van der Waals surface area contributed by atoms with Crippen LogP contribution in [0.1, 0.15) is 52.2 Å². The van der Waals surface area contributed by atoms with Crippen LogP contribution in [0.3, 0.4) is 0 Å². The number of guanidine groups is 1. The molecular weight excluding hydrogens is 531 g/mol. The molecule has 0 bridgehead atoms. The summed E-state index contributed by atoms with van der Waals surface area (Å²) in [5.41, 5.74) is 2.27. The van der Waals surface area contributed by atoms with Crippen LogP contribution in [0, 0.1) is 6.92 Å². The Kier molecular flexibility index (Phi) is 11.2. The third kappa shape index (κ3) is 8.56. The van der Waals surface area contributed by atoms with Crippen molar-refractivity contribution < 1.29 is 14.2 Å². The summed E-state index contributed by atoms with van der Waals surface area (Å²) < 4.78 is 17.6. The molecule has 1 aromatic rings. The fourth-order valence-corrected chi connectivity index (χ4v) is 4.28. The summed E-state index contributed by atoms with van der Waals surface area (Å²) in [4.78, 5) is 7.38. The Morgan fingerprint density at radius 1 is 1.21 bits per heavy atom. The van der Waals surface area contributed by atoms with Crippen LogP contribution >= 0.6 is 24.0 Å². The van der Waals surface area contributed by atoms with Crippen LogP contribution in [0.4, 0.5) is 0 Å². The molecule has 2 fully saturated rings. The first-order valence-electron chi connectivity index (χ1n) is 12.0. The fraction of sp³-hybridized carbons (Fsp3) is 0.720. The van der Waals surface area contributed by atoms with Crippen molar-refractivity contribution in [3.63, 3.8) is 0 Å². The van der Waals surface area contributed by atoms with Crippen LogP contribution in [0.15, 0.2) is 23.2 Å². The van der Waals surface area contributed by atoms with Crippen LogP contribution < -0.4 is 15.4 Å². The number of hydrogen-bond acceptors (Lipinski definition) is 5. The summed E-state index contributed by atoms with van der Waals surface area (Å²) in [5.74, 6) is 1.74. The molecule has 188 valence electrons. The molecule has 2 N–H and O–H groups in total. The van der Waals surface area contributed by atoms with Gasteiger partial charge in [0.25, 0.3) is 0 Å². The number of aryl methyl sites for hydroxylation is 1. The standard InChI is InChI=1S/C25H42N4O3.HI/c1-7-26-24(28-17-25(5,6)29-14-19(3)31-20(4)15-29)27-13-21-9-8-18(2)12-23(21)32-22-10-11-30-16-22;/h8-9,12,19-20,22H,7,10-11,13-17H2,1-6H3,(H2,26,27,28);1H. The van der Waals surface area contributed by atoms with Crippen LogP contribution in [0.2, 0.25) is 0 Å². The zero-order chi connectivity index (χ0) is 23.1. The Labute approximate surface area is 217 Å². The molecule has 0 aromatic heterocycles. The Balaban J connectivity index is 0.00000385. The lowest BCUT2D eigenvalue weighted by molar-refractivity contribution is -0.0946. The molecule has 0 saturated carbocycles. The molecule has 0 amide bonds. The highest BCUT2D eigenvalue weighted by atomic mass is 127. The number of aliphatic imine (C=N–C) groups is 1. The predicted molar refractivity (Wildman–Crippen MR) is 145 cm³/mol. The van der Waals surface area contributed by atoms with Gasteiger partial charge in [-0.05, 0) is 53.2 Å². The van der Waals surface area contributed by atoms with Crippen molar-refractivity contribution in [2.45, 2.75) is 78.4 Å². The van der Waals surface area contributed by atoms with Gasteiger partial charge in [-0.3, -0.25) is 4.90 Å². The maximum Gasteiger partial charge on any atom is 0.191 e. The van der Waals surface area contributed by atoms with Crippen LogP contribution in [-0.4, -0.2) is 74.1 Å². The number of hydrogen-bond donors (Lipinski definition) is 2. The zero-order valence-corrected chi connectivity index (χ0v) is 23.5. The van der Waals surface area contributed by atoms with Gasteiger partial charge in [-0.1, -0.05) is 12.1 Å². The van der Waals surface area contributed by atoms with Crippen molar-refractivity contribution in [2.75, 3.05) is 39.4 Å². The lowest BCUT2D eigenvalue weighted by Crippen LogP contribution is -2.59. The lowest BCUT2D eigenvalue weighted by Gasteiger charge is -2.45. The van der Waals surface area contributed by atoms with Gasteiger partial charge in [0.15, 0.2) is 5.96 Å². The molecule has 0 spiro atoms. The molecule has 2 saturated heterocycles. The predicted octanol–water partition coefficient (Wildman–Crippen LogP) is 3.72. The monoisotopic (exact) mass is 574 g/mol. The summed E-state index contributed by atoms with van der Waals surface area (Å²) in [7, 11) is 0. The highest BCUT2D eigenvalue weighted by Crippen LogP contribution is 2.25. The largest absolute Gasteiger partial charge is 0.488 e. The molecule has 7 nitrogen and oxygen atoms in total. The van der Waals surface area contributed by atoms with Crippen molar-refractivity contribution in [2.24, 2.45) is 4.99 Å². The van der Waals surface area contributed by atoms with Gasteiger partial charge in [-0.15, -0.1) is 24.0 Å². The van der Waals surface area contributed by atoms with Crippen molar-refractivity contribution >= 4 is 29.9 Å². The van der Waals surface area contributed by atoms with Crippen LogP contribution in [-0.2, 0) is 16.0 Å². The number of ether oxygens (including phenoxy) is 3. The summed E-state index contributed by atoms with van der Waals surface area (Å²) in [6.45, 7) is 18.5. The van der Waals surface area contributed by atoms with Gasteiger partial charge < -0.3 is 24.8 Å². The summed E-state index contributed by atoms with van der Waals surface area (Å²) >= 11 is 0. The van der Waals surface area contributed by atoms with Crippen LogP contribution in [0.5, 0.6) is 5.75 Å². The van der Waals surface area contributed by atoms with E-state index in [1.54, 1.807) is 0 Å². The SMILES string of the molecule is CCNC(=NCc1ccc(C)cc1OC1CCOC1)NCC(C)(C)N1CC(C)OC(C)C1.I. The first-order valence-corrected chi connectivity index (χ1v) is 12.0. The van der Waals surface area contributed by atoms with E-state index in [1.165, 1.54) is 5.56 Å². The molecule has 0 radical (unpaired) electrons. The molecule has 1 aromatic carbocycles. The molecule has 2 aliphatic rings. The Morgan fingerprint density at radius 3 is 2.58 bits per heavy atom. The number of nitrogens with zero attached hydrogens (tertiary/aromatic N) is 2. The Morgan fingerprint density at radius 2 is 1.94 bits per heavy atom. The maximum absolute atomic E-state index is 6.24. The number of morpholine rings is 1. The fourth-order valence-electron chi connectivity index (χ4n) is 4.28. The van der Waals surface area contributed by atoms with Gasteiger partial charge in [0.2, 0.25) is 0 Å². The summed E-state index contributed by atoms with van der Waals surface area (Å²) in [5, 5.41) is 6.94. The average molecular weight is 575 g/mol. The number of benzene rings is 1. The van der Waals surface area contributed by atoms with Gasteiger partial charge >= 0.3 is 0 Å². The minimum Gasteiger partial charge on any atom is -0.488 e. The van der Waals surface area contributed by atoms with E-state index in [1.807, 2.05) is 0 Å². The average Bonchev–Trinajstić information content (AvgIpc) is 3.23. The van der Waals surface area contributed by atoms with E-state index < -0.39 is 0 Å². The number of rotatable bonds is 8. The quantitative estimate of drug-likeness (QED) is 0.281. The van der Waals surface area contributed by atoms with Crippen molar-refractivity contribution in [3.8, 4) is 5.75 Å². The Bertz CT molecular complexity index is 758. The van der Waals surface area contributed by atoms with E-state index in [9.17, 15) is 0 Å². The summed E-state index contributed by atoms with van der Waals surface area (Å²) in [6, 6.07) is 6.34. The minimum atomic E-state index is -0.0108. The number of nitrogens with one attached hydrogen (secondary N) is 2. The molecule has 33 heavy (non-hydrogen) atoms. The van der Waals surface area contributed by atoms with Gasteiger partial charge in [0.05, 0.1) is 32.0 Å². The van der Waals surface area contributed by atoms with E-state index >= 15 is 0 Å². The first-order chi connectivity index (χ1) is 15.3. The Hall–Kier alpha value is -1.10. The van der Waals surface area contributed by atoms with E-state index in [4.69, 9.17) is 19.2 Å².